The van der Waals surface area contributed by atoms with Crippen molar-refractivity contribution in [3.05, 3.63) is 59.9 Å². The Hall–Kier alpha value is -2.78. The zero-order valence-corrected chi connectivity index (χ0v) is 14.5. The minimum atomic E-state index is -0.297. The third-order valence-electron chi connectivity index (χ3n) is 3.00. The van der Waals surface area contributed by atoms with Gasteiger partial charge in [0.1, 0.15) is 5.82 Å². The molecule has 0 fully saturated rings. The average Bonchev–Trinajstić information content (AvgIpc) is 2.59. The highest BCUT2D eigenvalue weighted by Crippen LogP contribution is 2.17. The number of carbonyl (C=O) groups excluding carboxylic acids is 2. The smallest absolute Gasteiger partial charge is 0.231 e. The fourth-order valence-electron chi connectivity index (χ4n) is 1.86. The van der Waals surface area contributed by atoms with E-state index in [1.165, 1.54) is 30.8 Å². The van der Waals surface area contributed by atoms with Crippen LogP contribution in [0.5, 0.6) is 0 Å². The maximum Gasteiger partial charge on any atom is 0.231 e. The molecule has 128 valence electrons. The van der Waals surface area contributed by atoms with E-state index in [9.17, 15) is 14.0 Å². The molecule has 0 aliphatic carbocycles. The molecule has 2 amide bonds. The lowest BCUT2D eigenvalue weighted by molar-refractivity contribution is -0.118. The van der Waals surface area contributed by atoms with Gasteiger partial charge in [-0.3, -0.25) is 9.59 Å². The molecule has 0 atom stereocenters. The van der Waals surface area contributed by atoms with Gasteiger partial charge in [-0.1, -0.05) is 11.8 Å². The highest BCUT2D eigenvalue weighted by Gasteiger charge is 2.01. The van der Waals surface area contributed by atoms with Crippen molar-refractivity contribution < 1.29 is 14.0 Å². The first kappa shape index (κ1) is 18.6. The number of amides is 2. The molecule has 25 heavy (non-hydrogen) atoms. The largest absolute Gasteiger partial charge is 0.344 e. The topological polar surface area (TPSA) is 58.2 Å². The van der Waals surface area contributed by atoms with E-state index in [2.05, 4.69) is 22.5 Å². The molecule has 6 heteroatoms. The molecule has 0 aromatic heterocycles. The van der Waals surface area contributed by atoms with E-state index in [1.54, 1.807) is 36.4 Å². The highest BCUT2D eigenvalue weighted by atomic mass is 32.2. The molecule has 2 N–H and O–H groups in total. The van der Waals surface area contributed by atoms with Gasteiger partial charge in [0, 0.05) is 23.1 Å². The van der Waals surface area contributed by atoms with Crippen LogP contribution in [0.15, 0.2) is 53.4 Å². The summed E-state index contributed by atoms with van der Waals surface area (Å²) in [4.78, 5) is 23.5. The number of rotatable bonds is 5. The molecule has 0 spiro atoms. The van der Waals surface area contributed by atoms with E-state index in [-0.39, 0.29) is 29.9 Å². The molecular formula is C19H17FN2O2S. The predicted molar refractivity (Wildman–Crippen MR) is 97.8 cm³/mol. The summed E-state index contributed by atoms with van der Waals surface area (Å²) in [6, 6.07) is 13.1. The second kappa shape index (κ2) is 9.50. The number of nitrogens with one attached hydrogen (secondary N) is 2. The van der Waals surface area contributed by atoms with Gasteiger partial charge in [-0.15, -0.1) is 11.8 Å². The Labute approximate surface area is 150 Å². The van der Waals surface area contributed by atoms with Gasteiger partial charge in [0.25, 0.3) is 0 Å². The molecule has 2 aromatic carbocycles. The van der Waals surface area contributed by atoms with E-state index >= 15 is 0 Å². The molecule has 0 radical (unpaired) electrons. The Bertz CT molecular complexity index is 793. The van der Waals surface area contributed by atoms with E-state index in [0.29, 0.717) is 5.69 Å². The molecule has 0 saturated carbocycles. The summed E-state index contributed by atoms with van der Waals surface area (Å²) in [5.74, 6) is 5.50. The lowest BCUT2D eigenvalue weighted by Crippen LogP contribution is -2.25. The van der Waals surface area contributed by atoms with Crippen LogP contribution in [-0.4, -0.2) is 24.1 Å². The number of benzene rings is 2. The van der Waals surface area contributed by atoms with Crippen LogP contribution in [0, 0.1) is 17.7 Å². The van der Waals surface area contributed by atoms with Crippen LogP contribution in [0.2, 0.25) is 0 Å². The predicted octanol–water partition coefficient (Wildman–Crippen LogP) is 3.04. The van der Waals surface area contributed by atoms with Crippen molar-refractivity contribution in [2.75, 3.05) is 17.6 Å². The first-order valence-electron chi connectivity index (χ1n) is 7.54. The first-order valence-corrected chi connectivity index (χ1v) is 8.53. The molecular weight excluding hydrogens is 339 g/mol. The third-order valence-corrected chi connectivity index (χ3v) is 4.01. The minimum absolute atomic E-state index is 0.125. The average molecular weight is 356 g/mol. The van der Waals surface area contributed by atoms with Crippen molar-refractivity contribution >= 4 is 29.3 Å². The van der Waals surface area contributed by atoms with E-state index < -0.39 is 0 Å². The summed E-state index contributed by atoms with van der Waals surface area (Å²) in [6.45, 7) is 1.70. The van der Waals surface area contributed by atoms with Crippen molar-refractivity contribution in [2.45, 2.75) is 11.8 Å². The number of anilines is 1. The second-order valence-corrected chi connectivity index (χ2v) is 6.13. The summed E-state index contributed by atoms with van der Waals surface area (Å²) in [7, 11) is 0. The Morgan fingerprint density at radius 1 is 1.08 bits per heavy atom. The van der Waals surface area contributed by atoms with E-state index in [0.717, 1.165) is 10.5 Å². The molecule has 0 heterocycles. The van der Waals surface area contributed by atoms with Gasteiger partial charge in [-0.25, -0.2) is 4.39 Å². The lowest BCUT2D eigenvalue weighted by atomic mass is 10.2. The number of hydrogen-bond acceptors (Lipinski definition) is 3. The second-order valence-electron chi connectivity index (χ2n) is 5.08. The Morgan fingerprint density at radius 3 is 2.40 bits per heavy atom. The zero-order chi connectivity index (χ0) is 18.1. The SMILES string of the molecule is CC(=O)Nc1ccc(C#CCNC(=O)CSc2ccc(F)cc2)cc1. The van der Waals surface area contributed by atoms with Gasteiger partial charge >= 0.3 is 0 Å². The summed E-state index contributed by atoms with van der Waals surface area (Å²) < 4.78 is 12.8. The van der Waals surface area contributed by atoms with Gasteiger partial charge in [0.2, 0.25) is 11.8 Å². The Balaban J connectivity index is 1.73. The van der Waals surface area contributed by atoms with Crippen LogP contribution in [0.1, 0.15) is 12.5 Å². The van der Waals surface area contributed by atoms with Crippen LogP contribution in [0.25, 0.3) is 0 Å². The normalized spacial score (nSPS) is 9.68. The third kappa shape index (κ3) is 7.10. The fraction of sp³-hybridized carbons (Fsp3) is 0.158. The fourth-order valence-corrected chi connectivity index (χ4v) is 2.59. The van der Waals surface area contributed by atoms with Gasteiger partial charge in [0.05, 0.1) is 12.3 Å². The van der Waals surface area contributed by atoms with Crippen molar-refractivity contribution in [3.8, 4) is 11.8 Å². The number of hydrogen-bond donors (Lipinski definition) is 2. The minimum Gasteiger partial charge on any atom is -0.344 e. The summed E-state index contributed by atoms with van der Waals surface area (Å²) in [5, 5.41) is 5.39. The molecule has 2 rings (SSSR count). The molecule has 2 aromatic rings. The summed E-state index contributed by atoms with van der Waals surface area (Å²) in [6.07, 6.45) is 0. The van der Waals surface area contributed by atoms with Crippen LogP contribution in [-0.2, 0) is 9.59 Å². The monoisotopic (exact) mass is 356 g/mol. The maximum absolute atomic E-state index is 12.8. The Kier molecular flexibility index (Phi) is 7.05. The van der Waals surface area contributed by atoms with Crippen molar-refractivity contribution in [1.82, 2.24) is 5.32 Å². The first-order chi connectivity index (χ1) is 12.0. The van der Waals surface area contributed by atoms with E-state index in [4.69, 9.17) is 0 Å². The van der Waals surface area contributed by atoms with Crippen molar-refractivity contribution in [3.63, 3.8) is 0 Å². The van der Waals surface area contributed by atoms with Crippen LogP contribution < -0.4 is 10.6 Å². The number of thioether (sulfide) groups is 1. The van der Waals surface area contributed by atoms with Crippen molar-refractivity contribution in [2.24, 2.45) is 0 Å². The molecule has 0 aliphatic heterocycles. The van der Waals surface area contributed by atoms with Gasteiger partial charge in [-0.2, -0.15) is 0 Å². The molecule has 0 bridgehead atoms. The van der Waals surface area contributed by atoms with Crippen LogP contribution in [0.4, 0.5) is 10.1 Å². The van der Waals surface area contributed by atoms with Crippen LogP contribution >= 0.6 is 11.8 Å². The van der Waals surface area contributed by atoms with Crippen molar-refractivity contribution in [1.29, 1.82) is 0 Å². The van der Waals surface area contributed by atoms with Gasteiger partial charge in [-0.05, 0) is 48.5 Å². The molecule has 4 nitrogen and oxygen atoms in total. The summed E-state index contributed by atoms with van der Waals surface area (Å²) >= 11 is 1.34. The summed E-state index contributed by atoms with van der Waals surface area (Å²) in [5.41, 5.74) is 1.51. The Morgan fingerprint density at radius 2 is 1.76 bits per heavy atom. The van der Waals surface area contributed by atoms with Gasteiger partial charge < -0.3 is 10.6 Å². The van der Waals surface area contributed by atoms with E-state index in [1.807, 2.05) is 0 Å². The standard InChI is InChI=1S/C19H17FN2O2S/c1-14(23)22-17-8-4-15(5-9-17)3-2-12-21-19(24)13-25-18-10-6-16(20)7-11-18/h4-11H,12-13H2,1H3,(H,21,24)(H,22,23). The highest BCUT2D eigenvalue weighted by molar-refractivity contribution is 8.00. The molecule has 0 saturated heterocycles. The van der Waals surface area contributed by atoms with Crippen LogP contribution in [0.3, 0.4) is 0 Å². The quantitative estimate of drug-likeness (QED) is 0.639. The number of halogens is 1. The number of carbonyl (C=O) groups is 2. The zero-order valence-electron chi connectivity index (χ0n) is 13.6. The lowest BCUT2D eigenvalue weighted by Gasteiger charge is -2.02. The van der Waals surface area contributed by atoms with Gasteiger partial charge in [0.15, 0.2) is 0 Å². The maximum atomic E-state index is 12.8. The molecule has 0 unspecified atom stereocenters. The molecule has 0 aliphatic rings.